The number of anilines is 1. The normalized spacial score (nSPS) is 15.9. The summed E-state index contributed by atoms with van der Waals surface area (Å²) in [5.74, 6) is 0.599. The summed E-state index contributed by atoms with van der Waals surface area (Å²) in [7, 11) is 0. The van der Waals surface area contributed by atoms with Gasteiger partial charge >= 0.3 is 0 Å². The Labute approximate surface area is 169 Å². The van der Waals surface area contributed by atoms with E-state index in [4.69, 9.17) is 14.2 Å². The predicted octanol–water partition coefficient (Wildman–Crippen LogP) is 3.50. The molecular formula is C22H24N2O5. The number of benzene rings is 2. The second-order valence-electron chi connectivity index (χ2n) is 7.14. The molecule has 1 aliphatic heterocycles. The molecule has 0 bridgehead atoms. The van der Waals surface area contributed by atoms with Crippen molar-refractivity contribution in [1.82, 2.24) is 5.32 Å². The minimum absolute atomic E-state index is 0.155. The fraction of sp³-hybridized carbons (Fsp3) is 0.364. The minimum atomic E-state index is -0.535. The van der Waals surface area contributed by atoms with Crippen LogP contribution in [0.4, 0.5) is 5.69 Å². The van der Waals surface area contributed by atoms with Crippen molar-refractivity contribution in [1.29, 1.82) is 0 Å². The molecule has 7 heteroatoms. The van der Waals surface area contributed by atoms with Gasteiger partial charge in [-0.3, -0.25) is 9.59 Å². The molecule has 0 atom stereocenters. The van der Waals surface area contributed by atoms with Crippen molar-refractivity contribution >= 4 is 17.5 Å². The summed E-state index contributed by atoms with van der Waals surface area (Å²) in [5, 5.41) is 5.40. The molecule has 2 N–H and O–H groups in total. The zero-order valence-corrected chi connectivity index (χ0v) is 16.3. The van der Waals surface area contributed by atoms with Crippen molar-refractivity contribution in [3.8, 4) is 17.2 Å². The molecule has 2 aromatic rings. The number of carbonyl (C=O) groups is 2. The first-order valence-electron chi connectivity index (χ1n) is 9.90. The Hall–Kier alpha value is -3.22. The number of amides is 2. The van der Waals surface area contributed by atoms with Crippen LogP contribution in [0.15, 0.2) is 42.5 Å². The highest BCUT2D eigenvalue weighted by molar-refractivity contribution is 6.00. The van der Waals surface area contributed by atoms with Crippen LogP contribution in [0.3, 0.4) is 0 Å². The lowest BCUT2D eigenvalue weighted by Gasteiger charge is -2.21. The number of hydrogen-bond donors (Lipinski definition) is 2. The molecule has 2 aromatic carbocycles. The van der Waals surface area contributed by atoms with E-state index in [1.54, 1.807) is 42.5 Å². The summed E-state index contributed by atoms with van der Waals surface area (Å²) >= 11 is 0. The van der Waals surface area contributed by atoms with Crippen LogP contribution < -0.4 is 24.8 Å². The molecule has 2 amide bonds. The van der Waals surface area contributed by atoms with Crippen molar-refractivity contribution in [3.05, 3.63) is 48.0 Å². The monoisotopic (exact) mass is 396 g/mol. The van der Waals surface area contributed by atoms with E-state index in [1.165, 1.54) is 0 Å². The smallest absolute Gasteiger partial charge is 0.255 e. The van der Waals surface area contributed by atoms with Crippen molar-refractivity contribution < 1.29 is 23.8 Å². The van der Waals surface area contributed by atoms with E-state index in [0.29, 0.717) is 35.1 Å². The Morgan fingerprint density at radius 1 is 1.07 bits per heavy atom. The van der Waals surface area contributed by atoms with E-state index in [0.717, 1.165) is 25.7 Å². The summed E-state index contributed by atoms with van der Waals surface area (Å²) in [6, 6.07) is 12.3. The van der Waals surface area contributed by atoms with Crippen molar-refractivity contribution in [2.24, 2.45) is 0 Å². The van der Waals surface area contributed by atoms with Gasteiger partial charge in [-0.25, -0.2) is 0 Å². The zero-order chi connectivity index (χ0) is 20.3. The van der Waals surface area contributed by atoms with Gasteiger partial charge in [0.2, 0.25) is 5.91 Å². The predicted molar refractivity (Wildman–Crippen MR) is 107 cm³/mol. The molecule has 1 aliphatic carbocycles. The highest BCUT2D eigenvalue weighted by Crippen LogP contribution is 2.47. The average Bonchev–Trinajstić information content (AvgIpc) is 3.32. The molecule has 29 heavy (non-hydrogen) atoms. The Balaban J connectivity index is 1.34. The van der Waals surface area contributed by atoms with Crippen molar-refractivity contribution in [2.45, 2.75) is 38.4 Å². The third-order valence-electron chi connectivity index (χ3n) is 5.03. The summed E-state index contributed by atoms with van der Waals surface area (Å²) in [4.78, 5) is 24.7. The van der Waals surface area contributed by atoms with Gasteiger partial charge in [0.1, 0.15) is 5.75 Å². The number of nitrogens with one attached hydrogen (secondary N) is 2. The van der Waals surface area contributed by atoms with Gasteiger partial charge in [-0.15, -0.1) is 0 Å². The maximum Gasteiger partial charge on any atom is 0.255 e. The molecular weight excluding hydrogens is 372 g/mol. The molecule has 1 fully saturated rings. The lowest BCUT2D eigenvalue weighted by Crippen LogP contribution is -2.34. The minimum Gasteiger partial charge on any atom is -0.493 e. The van der Waals surface area contributed by atoms with E-state index in [2.05, 4.69) is 10.6 Å². The molecule has 1 heterocycles. The Morgan fingerprint density at radius 2 is 1.83 bits per heavy atom. The fourth-order valence-electron chi connectivity index (χ4n) is 3.69. The van der Waals surface area contributed by atoms with Gasteiger partial charge in [0.05, 0.1) is 18.7 Å². The molecule has 0 aromatic heterocycles. The van der Waals surface area contributed by atoms with Gasteiger partial charge in [0, 0.05) is 24.6 Å². The van der Waals surface area contributed by atoms with Crippen LogP contribution >= 0.6 is 0 Å². The lowest BCUT2D eigenvalue weighted by molar-refractivity contribution is -0.115. The SMILES string of the molecule is CCOc1ccccc1C(=O)NCC(=O)Nc1ccc2c(c1)OC1(CCCC1)O2. The van der Waals surface area contributed by atoms with Crippen molar-refractivity contribution in [3.63, 3.8) is 0 Å². The highest BCUT2D eigenvalue weighted by Gasteiger charge is 2.44. The van der Waals surface area contributed by atoms with Gasteiger partial charge in [0.15, 0.2) is 11.5 Å². The summed E-state index contributed by atoms with van der Waals surface area (Å²) in [5.41, 5.74) is 0.989. The quantitative estimate of drug-likeness (QED) is 0.781. The van der Waals surface area contributed by atoms with Crippen molar-refractivity contribution in [2.75, 3.05) is 18.5 Å². The van der Waals surface area contributed by atoms with Gasteiger partial charge in [-0.1, -0.05) is 12.1 Å². The number of fused-ring (bicyclic) bond motifs is 1. The molecule has 4 rings (SSSR count). The fourth-order valence-corrected chi connectivity index (χ4v) is 3.69. The topological polar surface area (TPSA) is 85.9 Å². The Kier molecular flexibility index (Phi) is 5.29. The van der Waals surface area contributed by atoms with E-state index in [1.807, 2.05) is 6.92 Å². The van der Waals surface area contributed by atoms with Crippen LogP contribution in [-0.4, -0.2) is 30.8 Å². The summed E-state index contributed by atoms with van der Waals surface area (Å²) in [6.45, 7) is 2.15. The van der Waals surface area contributed by atoms with Crippen LogP contribution in [0.5, 0.6) is 17.2 Å². The van der Waals surface area contributed by atoms with Crippen LogP contribution in [0, 0.1) is 0 Å². The van der Waals surface area contributed by atoms with Gasteiger partial charge in [0.25, 0.3) is 11.7 Å². The number of hydrogen-bond acceptors (Lipinski definition) is 5. The number of carbonyl (C=O) groups excluding carboxylic acids is 2. The maximum absolute atomic E-state index is 12.4. The van der Waals surface area contributed by atoms with Gasteiger partial charge in [-0.05, 0) is 44.0 Å². The molecule has 0 saturated heterocycles. The second-order valence-corrected chi connectivity index (χ2v) is 7.14. The lowest BCUT2D eigenvalue weighted by atomic mass is 10.2. The van der Waals surface area contributed by atoms with E-state index < -0.39 is 5.79 Å². The number of rotatable bonds is 6. The molecule has 0 unspecified atom stereocenters. The summed E-state index contributed by atoms with van der Waals surface area (Å²) < 4.78 is 17.4. The van der Waals surface area contributed by atoms with Crippen LogP contribution in [0.25, 0.3) is 0 Å². The molecule has 7 nitrogen and oxygen atoms in total. The standard InChI is InChI=1S/C22H24N2O5/c1-2-27-17-8-4-3-7-16(17)21(26)23-14-20(25)24-15-9-10-18-19(13-15)29-22(28-18)11-5-6-12-22/h3-4,7-10,13H,2,5-6,11-12,14H2,1H3,(H,23,26)(H,24,25). The van der Waals surface area contributed by atoms with Crippen LogP contribution in [-0.2, 0) is 4.79 Å². The van der Waals surface area contributed by atoms with Gasteiger partial charge in [-0.2, -0.15) is 0 Å². The average molecular weight is 396 g/mol. The molecule has 152 valence electrons. The van der Waals surface area contributed by atoms with E-state index in [9.17, 15) is 9.59 Å². The molecule has 2 aliphatic rings. The molecule has 1 saturated carbocycles. The largest absolute Gasteiger partial charge is 0.493 e. The van der Waals surface area contributed by atoms with Gasteiger partial charge < -0.3 is 24.8 Å². The third kappa shape index (κ3) is 4.13. The maximum atomic E-state index is 12.4. The second kappa shape index (κ2) is 8.03. The Bertz CT molecular complexity index is 921. The zero-order valence-electron chi connectivity index (χ0n) is 16.3. The molecule has 0 radical (unpaired) electrons. The summed E-state index contributed by atoms with van der Waals surface area (Å²) in [6.07, 6.45) is 3.92. The van der Waals surface area contributed by atoms with E-state index in [-0.39, 0.29) is 18.4 Å². The first-order valence-corrected chi connectivity index (χ1v) is 9.90. The Morgan fingerprint density at radius 3 is 2.62 bits per heavy atom. The first-order chi connectivity index (χ1) is 14.1. The molecule has 1 spiro atoms. The van der Waals surface area contributed by atoms with Crippen LogP contribution in [0.1, 0.15) is 43.0 Å². The highest BCUT2D eigenvalue weighted by atomic mass is 16.7. The number of para-hydroxylation sites is 1. The first kappa shape index (κ1) is 19.1. The third-order valence-corrected chi connectivity index (χ3v) is 5.03. The van der Waals surface area contributed by atoms with Crippen LogP contribution in [0.2, 0.25) is 0 Å². The number of ether oxygens (including phenoxy) is 3. The van der Waals surface area contributed by atoms with E-state index >= 15 is 0 Å².